The molecule has 0 radical (unpaired) electrons. The molecular weight excluding hydrogens is 607 g/mol. The number of anilines is 1. The van der Waals surface area contributed by atoms with Gasteiger partial charge in [-0.3, -0.25) is 8.42 Å². The summed E-state index contributed by atoms with van der Waals surface area (Å²) in [6.07, 6.45) is 0. The number of azo groups is 1. The summed E-state index contributed by atoms with van der Waals surface area (Å²) in [7, 11) is -12.7. The number of hydrogen-bond donors (Lipinski definition) is 2. The summed E-state index contributed by atoms with van der Waals surface area (Å²) >= 11 is 0. The van der Waals surface area contributed by atoms with Gasteiger partial charge in [0.05, 0.1) is 26.4 Å². The molecule has 0 aliphatic carbocycles. The fourth-order valence-corrected chi connectivity index (χ4v) is 4.41. The van der Waals surface area contributed by atoms with Gasteiger partial charge in [0.1, 0.15) is 15.9 Å². The second-order valence-corrected chi connectivity index (χ2v) is 10.1. The van der Waals surface area contributed by atoms with E-state index < -0.39 is 46.4 Å². The number of hydrogen-bond acceptors (Lipinski definition) is 13. The van der Waals surface area contributed by atoms with Crippen molar-refractivity contribution in [3.63, 3.8) is 0 Å². The average Bonchev–Trinajstić information content (AvgIpc) is 2.76. The molecule has 4 aromatic rings. The van der Waals surface area contributed by atoms with E-state index >= 15 is 0 Å². The molecule has 0 aliphatic heterocycles. The van der Waals surface area contributed by atoms with E-state index in [0.717, 1.165) is 18.2 Å². The van der Waals surface area contributed by atoms with E-state index in [1.54, 1.807) is 0 Å². The first-order chi connectivity index (χ1) is 16.7. The molecule has 4 aromatic carbocycles. The van der Waals surface area contributed by atoms with Crippen LogP contribution in [0.5, 0.6) is 5.75 Å². The Balaban J connectivity index is 0.00000193. The van der Waals surface area contributed by atoms with Gasteiger partial charge in [0.15, 0.2) is 0 Å². The zero-order valence-electron chi connectivity index (χ0n) is 20.5. The fraction of sp³-hybridized carbons (Fsp3) is 0. The molecule has 0 saturated carbocycles. The third kappa shape index (κ3) is 9.82. The summed E-state index contributed by atoms with van der Waals surface area (Å²) < 4.78 is 94.1. The number of nitrogens with two attached hydrogens (primary N) is 1. The third-order valence-electron chi connectivity index (χ3n) is 4.66. The van der Waals surface area contributed by atoms with Crippen LogP contribution in [0.25, 0.3) is 21.5 Å². The van der Waals surface area contributed by atoms with Crippen LogP contribution in [0.15, 0.2) is 74.6 Å². The van der Waals surface area contributed by atoms with Gasteiger partial charge >= 0.3 is 99.3 Å². The van der Waals surface area contributed by atoms with Crippen LogP contribution in [0.4, 0.5) is 17.1 Å². The Labute approximate surface area is 290 Å². The molecule has 0 aliphatic rings. The summed E-state index contributed by atoms with van der Waals surface area (Å²) in [5.74, 6) is -0.515. The van der Waals surface area contributed by atoms with Crippen LogP contribution >= 0.6 is 0 Å². The Bertz CT molecular complexity index is 1880. The van der Waals surface area contributed by atoms with Gasteiger partial charge in [-0.2, -0.15) is 23.3 Å². The first kappa shape index (κ1) is 38.0. The van der Waals surface area contributed by atoms with Gasteiger partial charge in [-0.05, 0) is 41.3 Å². The van der Waals surface area contributed by atoms with Crippen LogP contribution in [0.2, 0.25) is 0 Å². The second kappa shape index (κ2) is 15.3. The van der Waals surface area contributed by atoms with Crippen molar-refractivity contribution in [2.75, 3.05) is 5.73 Å². The van der Waals surface area contributed by atoms with Crippen LogP contribution in [0, 0.1) is 6.07 Å². The largest absolute Gasteiger partial charge is 1.00 e. The molecule has 13 nitrogen and oxygen atoms in total. The summed E-state index contributed by atoms with van der Waals surface area (Å²) in [5, 5.41) is 19.0. The van der Waals surface area contributed by atoms with E-state index in [4.69, 9.17) is 18.4 Å². The van der Waals surface area contributed by atoms with E-state index in [1.807, 2.05) is 0 Å². The maximum absolute atomic E-state index is 11.5. The minimum atomic E-state index is -4.87. The molecule has 0 atom stereocenters. The van der Waals surface area contributed by atoms with Gasteiger partial charge < -0.3 is 19.9 Å². The number of nitrogen functional groups attached to an aromatic ring is 1. The number of nitrogens with zero attached hydrogens (tertiary/aromatic N) is 2. The van der Waals surface area contributed by atoms with E-state index in [2.05, 4.69) is 16.3 Å². The zero-order chi connectivity index (χ0) is 26.8. The molecule has 0 aromatic heterocycles. The number of fused-ring (bicyclic) bond motifs is 2. The molecule has 4 rings (SSSR count). The van der Waals surface area contributed by atoms with E-state index in [1.165, 1.54) is 36.4 Å². The molecule has 0 bridgehead atoms. The molecule has 0 saturated heterocycles. The molecule has 19 heteroatoms. The van der Waals surface area contributed by atoms with Crippen molar-refractivity contribution in [2.24, 2.45) is 10.2 Å². The molecule has 0 unspecified atom stereocenters. The number of phenolic OH excluding ortho intramolecular Hbond substituents is 1. The normalized spacial score (nSPS) is 11.0. The molecule has 0 heterocycles. The van der Waals surface area contributed by atoms with Gasteiger partial charge in [0, 0.05) is 16.5 Å². The van der Waals surface area contributed by atoms with Crippen molar-refractivity contribution in [1.82, 2.24) is 0 Å². The zero-order valence-corrected chi connectivity index (χ0v) is 29.0. The third-order valence-corrected chi connectivity index (χ3v) is 6.35. The number of phenols is 1. The second-order valence-electron chi connectivity index (χ2n) is 6.94. The van der Waals surface area contributed by atoms with Crippen molar-refractivity contribution in [2.45, 2.75) is 9.79 Å². The Morgan fingerprint density at radius 1 is 0.821 bits per heavy atom. The number of benzene rings is 4. The van der Waals surface area contributed by atoms with Crippen molar-refractivity contribution in [3.8, 4) is 5.75 Å². The summed E-state index contributed by atoms with van der Waals surface area (Å²) in [5.41, 5.74) is 6.27. The first-order valence-corrected chi connectivity index (χ1v) is 13.1. The Hall–Kier alpha value is -0.960. The maximum Gasteiger partial charge on any atom is 1.00 e. The van der Waals surface area contributed by atoms with Crippen LogP contribution in [-0.4, -0.2) is 43.7 Å². The maximum atomic E-state index is 11.5. The van der Waals surface area contributed by atoms with Crippen molar-refractivity contribution >= 4 is 69.5 Å². The topological polar surface area (TPSA) is 237 Å². The van der Waals surface area contributed by atoms with E-state index in [-0.39, 0.29) is 122 Å². The fourth-order valence-electron chi connectivity index (χ4n) is 3.23. The monoisotopic (exact) mass is 619 g/mol. The molecule has 0 spiro atoms. The first-order valence-electron chi connectivity index (χ1n) is 9.28. The van der Waals surface area contributed by atoms with Crippen LogP contribution in [-0.2, 0) is 30.8 Å². The Morgan fingerprint density at radius 2 is 1.44 bits per heavy atom. The van der Waals surface area contributed by atoms with Crippen LogP contribution < -0.4 is 94.4 Å². The van der Waals surface area contributed by atoms with Gasteiger partial charge in [-0.1, -0.05) is 0 Å². The predicted molar refractivity (Wildman–Crippen MR) is 123 cm³/mol. The predicted octanol–water partition coefficient (Wildman–Crippen LogP) is -6.69. The summed E-state index contributed by atoms with van der Waals surface area (Å²) in [6, 6.07) is 14.2. The van der Waals surface area contributed by atoms with Crippen LogP contribution in [0.1, 0.15) is 0 Å². The van der Waals surface area contributed by atoms with Gasteiger partial charge in [0.2, 0.25) is 0 Å². The van der Waals surface area contributed by atoms with Gasteiger partial charge in [-0.15, -0.1) is 34.6 Å². The van der Waals surface area contributed by atoms with Crippen LogP contribution in [0.3, 0.4) is 0 Å². The van der Waals surface area contributed by atoms with Gasteiger partial charge in [0.25, 0.3) is 0 Å². The number of aromatic hydroxyl groups is 1. The quantitative estimate of drug-likeness (QED) is 0.0716. The van der Waals surface area contributed by atoms with Crippen molar-refractivity contribution in [3.05, 3.63) is 60.7 Å². The van der Waals surface area contributed by atoms with E-state index in [9.17, 15) is 31.0 Å². The molecule has 39 heavy (non-hydrogen) atoms. The average molecular weight is 619 g/mol. The summed E-state index contributed by atoms with van der Waals surface area (Å²) in [6.45, 7) is 0. The molecule has 0 amide bonds. The molecular formula is C20H12N3Na3O10S3. The standard InChI is InChI=1S/C20H14N3O7S2.3Na.O3S/c21-16-6-7-17(15-9-13(31(25,26)27)10-18(24)20(15)16)23-22-12-5-4-11-2-1-3-19(14(11)8-12)32(28,29)30;;;;1-4(2)3/h2-10,24H,21H2,(H,25,26,27)(H,28,29,30);;;;/q-1;3*+1;/p-2. The number of rotatable bonds is 4. The Morgan fingerprint density at radius 3 is 2.00 bits per heavy atom. The molecule has 3 N–H and O–H groups in total. The van der Waals surface area contributed by atoms with Gasteiger partial charge in [-0.25, -0.2) is 8.42 Å². The Kier molecular flexibility index (Phi) is 14.9. The SMILES string of the molecule is Nc1ccc(N=Nc2ccc3c[c-]cc(S(=O)(=O)[O-])c3c2)c2cc(S(=O)(=O)[O-])cc(O)c12.O=S(=O)=O.[Na+].[Na+].[Na+]. The summed E-state index contributed by atoms with van der Waals surface area (Å²) in [4.78, 5) is -1.13. The molecule has 0 fully saturated rings. The van der Waals surface area contributed by atoms with E-state index in [0.29, 0.717) is 5.39 Å². The minimum absolute atomic E-state index is 0. The smallest absolute Gasteiger partial charge is 0.754 e. The molecule has 188 valence electrons. The van der Waals surface area contributed by atoms with Crippen molar-refractivity contribution in [1.29, 1.82) is 0 Å². The minimum Gasteiger partial charge on any atom is -0.754 e. The van der Waals surface area contributed by atoms with Crippen molar-refractivity contribution < 1.29 is 132 Å².